The molecular formula is C25H19N3O2. The summed E-state index contributed by atoms with van der Waals surface area (Å²) in [5.74, 6) is -0.566. The number of amides is 2. The van der Waals surface area contributed by atoms with E-state index >= 15 is 0 Å². The van der Waals surface area contributed by atoms with E-state index in [0.29, 0.717) is 28.3 Å². The Bertz CT molecular complexity index is 1220. The zero-order valence-corrected chi connectivity index (χ0v) is 16.4. The van der Waals surface area contributed by atoms with Crippen LogP contribution < -0.4 is 9.80 Å². The average molecular weight is 393 g/mol. The van der Waals surface area contributed by atoms with Gasteiger partial charge in [-0.15, -0.1) is 0 Å². The summed E-state index contributed by atoms with van der Waals surface area (Å²) in [6.07, 6.45) is 3.14. The number of pyridine rings is 1. The van der Waals surface area contributed by atoms with Crippen molar-refractivity contribution >= 4 is 28.8 Å². The minimum absolute atomic E-state index is 0.281. The summed E-state index contributed by atoms with van der Waals surface area (Å²) in [5.41, 5.74) is 2.20. The van der Waals surface area contributed by atoms with Gasteiger partial charge in [0.15, 0.2) is 5.54 Å². The van der Waals surface area contributed by atoms with E-state index in [2.05, 4.69) is 11.6 Å². The van der Waals surface area contributed by atoms with E-state index in [1.807, 2.05) is 60.7 Å². The molecule has 1 atom stereocenters. The third-order valence-electron chi connectivity index (χ3n) is 5.71. The van der Waals surface area contributed by atoms with E-state index < -0.39 is 5.54 Å². The Hall–Kier alpha value is -3.99. The molecule has 1 unspecified atom stereocenters. The summed E-state index contributed by atoms with van der Waals surface area (Å²) in [5, 5.41) is 0. The second-order valence-corrected chi connectivity index (χ2v) is 7.36. The fraction of sp³-hybridized carbons (Fsp3) is 0.0800. The summed E-state index contributed by atoms with van der Waals surface area (Å²) in [6.45, 7) is 6.07. The fourth-order valence-electron chi connectivity index (χ4n) is 4.43. The number of hydrogen-bond donors (Lipinski definition) is 0. The molecule has 0 saturated heterocycles. The van der Waals surface area contributed by atoms with E-state index in [1.54, 1.807) is 35.1 Å². The Kier molecular flexibility index (Phi) is 3.93. The minimum Gasteiger partial charge on any atom is -0.283 e. The highest BCUT2D eigenvalue weighted by Crippen LogP contribution is 2.54. The molecule has 0 spiro atoms. The Labute approximate surface area is 174 Å². The minimum atomic E-state index is -1.47. The van der Waals surface area contributed by atoms with E-state index in [0.717, 1.165) is 5.56 Å². The molecular weight excluding hydrogens is 374 g/mol. The predicted octanol–water partition coefficient (Wildman–Crippen LogP) is 4.29. The van der Waals surface area contributed by atoms with Crippen molar-refractivity contribution < 1.29 is 9.59 Å². The molecule has 2 aliphatic heterocycles. The van der Waals surface area contributed by atoms with E-state index in [9.17, 15) is 9.59 Å². The van der Waals surface area contributed by atoms with Gasteiger partial charge in [0.1, 0.15) is 0 Å². The van der Waals surface area contributed by atoms with Crippen LogP contribution in [0.1, 0.15) is 18.2 Å². The zero-order valence-electron chi connectivity index (χ0n) is 16.4. The molecule has 30 heavy (non-hydrogen) atoms. The van der Waals surface area contributed by atoms with Crippen molar-refractivity contribution in [2.75, 3.05) is 9.80 Å². The second kappa shape index (κ2) is 6.52. The molecule has 0 radical (unpaired) electrons. The van der Waals surface area contributed by atoms with Gasteiger partial charge in [0, 0.05) is 29.2 Å². The van der Waals surface area contributed by atoms with Crippen LogP contribution in [0.15, 0.2) is 97.3 Å². The van der Waals surface area contributed by atoms with E-state index in [-0.39, 0.29) is 11.8 Å². The first-order valence-corrected chi connectivity index (χ1v) is 9.69. The lowest BCUT2D eigenvalue weighted by Crippen LogP contribution is -2.56. The van der Waals surface area contributed by atoms with Gasteiger partial charge in [-0.1, -0.05) is 49.0 Å². The van der Waals surface area contributed by atoms with Crippen LogP contribution in [-0.4, -0.2) is 16.8 Å². The van der Waals surface area contributed by atoms with Gasteiger partial charge in [0.25, 0.3) is 11.8 Å². The quantitative estimate of drug-likeness (QED) is 0.653. The van der Waals surface area contributed by atoms with Crippen molar-refractivity contribution in [3.05, 3.63) is 109 Å². The molecule has 0 aliphatic carbocycles. The summed E-state index contributed by atoms with van der Waals surface area (Å²) in [4.78, 5) is 35.5. The molecule has 0 fully saturated rings. The number of carbonyl (C=O) groups excluding carboxylic acids is 2. The lowest BCUT2D eigenvalue weighted by molar-refractivity contribution is -0.124. The van der Waals surface area contributed by atoms with Crippen molar-refractivity contribution in [2.24, 2.45) is 0 Å². The highest BCUT2D eigenvalue weighted by Gasteiger charge is 2.60. The highest BCUT2D eigenvalue weighted by atomic mass is 16.2. The third-order valence-corrected chi connectivity index (χ3v) is 5.71. The van der Waals surface area contributed by atoms with Crippen LogP contribution in [-0.2, 0) is 15.1 Å². The molecule has 2 aromatic carbocycles. The molecule has 146 valence electrons. The Morgan fingerprint density at radius 3 is 2.33 bits per heavy atom. The number of benzene rings is 2. The fourth-order valence-corrected chi connectivity index (χ4v) is 4.43. The molecule has 1 aromatic heterocycles. The van der Waals surface area contributed by atoms with Gasteiger partial charge in [-0.25, -0.2) is 0 Å². The number of allylic oxidation sites excluding steroid dienone is 1. The molecule has 2 aliphatic rings. The first-order valence-electron chi connectivity index (χ1n) is 9.69. The maximum atomic E-state index is 14.4. The standard InChI is InChI=1S/C25H19N3O2/c1-17-16-23(29)28-21-13-7-6-12-20(21)18(2)25(28,22-14-8-9-15-26-22)24(30)27(17)19-10-4-3-5-11-19/h3-16H,2H2,1H3. The van der Waals surface area contributed by atoms with Crippen LogP contribution in [0, 0.1) is 0 Å². The van der Waals surface area contributed by atoms with Gasteiger partial charge in [-0.3, -0.25) is 24.4 Å². The molecule has 0 N–H and O–H groups in total. The summed E-state index contributed by atoms with van der Waals surface area (Å²) >= 11 is 0. The monoisotopic (exact) mass is 393 g/mol. The number of hydrogen-bond acceptors (Lipinski definition) is 3. The van der Waals surface area contributed by atoms with Gasteiger partial charge in [0.2, 0.25) is 0 Å². The van der Waals surface area contributed by atoms with Gasteiger partial charge >= 0.3 is 0 Å². The Morgan fingerprint density at radius 1 is 0.900 bits per heavy atom. The van der Waals surface area contributed by atoms with Crippen LogP contribution >= 0.6 is 0 Å². The number of rotatable bonds is 2. The molecule has 5 nitrogen and oxygen atoms in total. The SMILES string of the molecule is C=C1c2ccccc2N2C(=O)C=C(C)N(c3ccccc3)C(=O)C12c1ccccn1. The van der Waals surface area contributed by atoms with Gasteiger partial charge < -0.3 is 0 Å². The van der Waals surface area contributed by atoms with Crippen molar-refractivity contribution in [2.45, 2.75) is 12.5 Å². The lowest BCUT2D eigenvalue weighted by atomic mass is 9.83. The van der Waals surface area contributed by atoms with Crippen LogP contribution in [0.2, 0.25) is 0 Å². The Morgan fingerprint density at radius 2 is 1.60 bits per heavy atom. The zero-order chi connectivity index (χ0) is 20.9. The number of para-hydroxylation sites is 2. The van der Waals surface area contributed by atoms with Gasteiger partial charge in [-0.05, 0) is 42.8 Å². The molecule has 0 bridgehead atoms. The third kappa shape index (κ3) is 2.26. The van der Waals surface area contributed by atoms with Crippen molar-refractivity contribution in [1.29, 1.82) is 0 Å². The number of anilines is 2. The molecule has 3 aromatic rings. The molecule has 5 rings (SSSR count). The van der Waals surface area contributed by atoms with Crippen molar-refractivity contribution in [3.63, 3.8) is 0 Å². The van der Waals surface area contributed by atoms with Crippen LogP contribution in [0.3, 0.4) is 0 Å². The number of nitrogens with zero attached hydrogens (tertiary/aromatic N) is 3. The maximum absolute atomic E-state index is 14.4. The lowest BCUT2D eigenvalue weighted by Gasteiger charge is -2.38. The largest absolute Gasteiger partial charge is 0.283 e. The van der Waals surface area contributed by atoms with Gasteiger partial charge in [-0.2, -0.15) is 0 Å². The van der Waals surface area contributed by atoms with Crippen LogP contribution in [0.25, 0.3) is 5.57 Å². The van der Waals surface area contributed by atoms with Crippen molar-refractivity contribution in [3.8, 4) is 0 Å². The number of aromatic nitrogens is 1. The summed E-state index contributed by atoms with van der Waals surface area (Å²) in [7, 11) is 0. The molecule has 5 heteroatoms. The molecule has 2 amide bonds. The first kappa shape index (κ1) is 18.1. The van der Waals surface area contributed by atoms with E-state index in [1.165, 1.54) is 6.08 Å². The first-order chi connectivity index (χ1) is 14.6. The maximum Gasteiger partial charge on any atom is 0.268 e. The predicted molar refractivity (Wildman–Crippen MR) is 117 cm³/mol. The average Bonchev–Trinajstić information content (AvgIpc) is 3.00. The topological polar surface area (TPSA) is 53.5 Å². The second-order valence-electron chi connectivity index (χ2n) is 7.36. The van der Waals surface area contributed by atoms with Crippen LogP contribution in [0.5, 0.6) is 0 Å². The van der Waals surface area contributed by atoms with Gasteiger partial charge in [0.05, 0.1) is 11.4 Å². The summed E-state index contributed by atoms with van der Waals surface area (Å²) < 4.78 is 0. The van der Waals surface area contributed by atoms with Crippen molar-refractivity contribution in [1.82, 2.24) is 4.98 Å². The number of carbonyl (C=O) groups is 2. The molecule has 0 saturated carbocycles. The summed E-state index contributed by atoms with van der Waals surface area (Å²) in [6, 6.07) is 22.2. The normalized spacial score (nSPS) is 20.6. The molecule has 3 heterocycles. The highest BCUT2D eigenvalue weighted by molar-refractivity contribution is 6.25. The van der Waals surface area contributed by atoms with Crippen LogP contribution in [0.4, 0.5) is 11.4 Å². The van der Waals surface area contributed by atoms with E-state index in [4.69, 9.17) is 0 Å². The Balaban J connectivity index is 1.86. The number of fused-ring (bicyclic) bond motifs is 3. The smallest absolute Gasteiger partial charge is 0.268 e.